The average Bonchev–Trinajstić information content (AvgIpc) is 2.98. The van der Waals surface area contributed by atoms with Gasteiger partial charge in [-0.1, -0.05) is 25.5 Å². The van der Waals surface area contributed by atoms with Crippen LogP contribution in [0.15, 0.2) is 11.6 Å². The van der Waals surface area contributed by atoms with E-state index in [1.54, 1.807) is 0 Å². The number of carbonyl (C=O) groups is 3. The zero-order valence-electron chi connectivity index (χ0n) is 19.2. The molecule has 0 heterocycles. The predicted octanol–water partition coefficient (Wildman–Crippen LogP) is 3.74. The molecule has 6 heteroatoms. The van der Waals surface area contributed by atoms with Crippen LogP contribution in [0, 0.1) is 28.6 Å². The average molecular weight is 433 g/mol. The van der Waals surface area contributed by atoms with Crippen molar-refractivity contribution >= 4 is 17.7 Å². The molecule has 0 aliphatic heterocycles. The number of carbonyl (C=O) groups excluding carboxylic acids is 3. The Bertz CT molecular complexity index is 817. The highest BCUT2D eigenvalue weighted by Crippen LogP contribution is 2.67. The monoisotopic (exact) mass is 432 g/mol. The zero-order chi connectivity index (χ0) is 22.6. The van der Waals surface area contributed by atoms with Gasteiger partial charge in [-0.15, -0.1) is 0 Å². The van der Waals surface area contributed by atoms with Crippen LogP contribution in [0.3, 0.4) is 0 Å². The lowest BCUT2D eigenvalue weighted by atomic mass is 9.46. The van der Waals surface area contributed by atoms with Crippen LogP contribution >= 0.6 is 0 Å². The first kappa shape index (κ1) is 22.5. The van der Waals surface area contributed by atoms with Gasteiger partial charge in [-0.25, -0.2) is 0 Å². The summed E-state index contributed by atoms with van der Waals surface area (Å²) in [5.74, 6) is 0.176. The van der Waals surface area contributed by atoms with Crippen molar-refractivity contribution in [1.82, 2.24) is 0 Å². The second-order valence-electron chi connectivity index (χ2n) is 10.8. The van der Waals surface area contributed by atoms with Crippen molar-refractivity contribution in [3.05, 3.63) is 11.6 Å². The van der Waals surface area contributed by atoms with Crippen LogP contribution in [-0.2, 0) is 23.9 Å². The molecular formula is C25H36O6. The number of aliphatic hydroxyl groups is 1. The lowest BCUT2D eigenvalue weighted by Crippen LogP contribution is -2.58. The number of hydrogen-bond donors (Lipinski definition) is 1. The van der Waals surface area contributed by atoms with Crippen molar-refractivity contribution in [2.45, 2.75) is 90.8 Å². The van der Waals surface area contributed by atoms with Gasteiger partial charge < -0.3 is 14.6 Å². The number of allylic oxidation sites excluding steroid dienone is 1. The van der Waals surface area contributed by atoms with Gasteiger partial charge in [-0.3, -0.25) is 14.4 Å². The van der Waals surface area contributed by atoms with Crippen LogP contribution in [0.25, 0.3) is 0 Å². The van der Waals surface area contributed by atoms with E-state index in [0.717, 1.165) is 44.9 Å². The van der Waals surface area contributed by atoms with Gasteiger partial charge in [-0.2, -0.15) is 0 Å². The fraction of sp³-hybridized carbons (Fsp3) is 0.800. The first-order valence-electron chi connectivity index (χ1n) is 11.8. The number of esters is 2. The van der Waals surface area contributed by atoms with E-state index in [9.17, 15) is 19.5 Å². The molecule has 3 saturated carbocycles. The molecule has 0 aromatic heterocycles. The minimum Gasteiger partial charge on any atom is -0.462 e. The van der Waals surface area contributed by atoms with Gasteiger partial charge in [0.1, 0.15) is 11.7 Å². The third-order valence-electron chi connectivity index (χ3n) is 9.41. The van der Waals surface area contributed by atoms with E-state index >= 15 is 0 Å². The predicted molar refractivity (Wildman–Crippen MR) is 114 cm³/mol. The molecule has 4 aliphatic carbocycles. The molecule has 0 radical (unpaired) electrons. The molecule has 6 nitrogen and oxygen atoms in total. The molecule has 0 unspecified atom stereocenters. The number of ether oxygens (including phenoxy) is 2. The van der Waals surface area contributed by atoms with E-state index in [0.29, 0.717) is 18.3 Å². The van der Waals surface area contributed by atoms with E-state index in [1.165, 1.54) is 19.4 Å². The van der Waals surface area contributed by atoms with E-state index in [4.69, 9.17) is 9.47 Å². The summed E-state index contributed by atoms with van der Waals surface area (Å²) in [6, 6.07) is 0. The molecule has 0 amide bonds. The Morgan fingerprint density at radius 1 is 1.03 bits per heavy atom. The first-order chi connectivity index (χ1) is 14.5. The second kappa shape index (κ2) is 7.72. The Morgan fingerprint density at radius 2 is 1.74 bits per heavy atom. The van der Waals surface area contributed by atoms with Crippen LogP contribution < -0.4 is 0 Å². The van der Waals surface area contributed by atoms with Crippen molar-refractivity contribution in [3.8, 4) is 0 Å². The highest BCUT2D eigenvalue weighted by molar-refractivity contribution is 5.90. The van der Waals surface area contributed by atoms with Gasteiger partial charge >= 0.3 is 11.9 Å². The summed E-state index contributed by atoms with van der Waals surface area (Å²) in [6.45, 7) is 6.86. The van der Waals surface area contributed by atoms with Gasteiger partial charge in [0, 0.05) is 25.7 Å². The van der Waals surface area contributed by atoms with E-state index in [1.807, 2.05) is 0 Å². The zero-order valence-corrected chi connectivity index (χ0v) is 19.2. The SMILES string of the molecule is CC(=O)OCC(=O)[C@]1(O)CC[C@@H]2[C@H]3CC=C4C[C@@H](OC(C)=O)CC[C@]4(C)[C@@H]3CC[C@@]21C. The van der Waals surface area contributed by atoms with E-state index in [2.05, 4.69) is 19.9 Å². The normalized spacial score (nSPS) is 43.7. The molecule has 0 spiro atoms. The molecule has 1 N–H and O–H groups in total. The lowest BCUT2D eigenvalue weighted by Gasteiger charge is -2.58. The summed E-state index contributed by atoms with van der Waals surface area (Å²) in [6.07, 6.45) is 9.08. The van der Waals surface area contributed by atoms with Crippen molar-refractivity contribution in [2.24, 2.45) is 28.6 Å². The molecule has 4 rings (SSSR count). The quantitative estimate of drug-likeness (QED) is 0.538. The fourth-order valence-corrected chi connectivity index (χ4v) is 7.72. The molecule has 0 bridgehead atoms. The molecular weight excluding hydrogens is 396 g/mol. The molecule has 0 saturated heterocycles. The van der Waals surface area contributed by atoms with Crippen LogP contribution in [0.4, 0.5) is 0 Å². The van der Waals surface area contributed by atoms with E-state index in [-0.39, 0.29) is 35.8 Å². The standard InChI is InChI=1S/C25H36O6/c1-15(26)30-14-22(28)25(29)12-9-21-19-6-5-17-13-18(31-16(2)27)7-10-23(17,3)20(19)8-11-24(21,25)4/h5,18-21,29H,6-14H2,1-4H3/t18-,19-,20+,21+,23-,24-,25+/m0/s1. The Balaban J connectivity index is 1.56. The molecule has 4 aliphatic rings. The lowest BCUT2D eigenvalue weighted by molar-refractivity contribution is -0.169. The maximum absolute atomic E-state index is 12.9. The second-order valence-corrected chi connectivity index (χ2v) is 10.8. The number of hydrogen-bond acceptors (Lipinski definition) is 6. The van der Waals surface area contributed by atoms with E-state index < -0.39 is 17.0 Å². The summed E-state index contributed by atoms with van der Waals surface area (Å²) in [5, 5.41) is 11.5. The first-order valence-corrected chi connectivity index (χ1v) is 11.8. The Hall–Kier alpha value is -1.69. The number of Topliss-reactive ketones (excluding diaryl/α,β-unsaturated/α-hetero) is 1. The van der Waals surface area contributed by atoms with Gasteiger partial charge in [0.15, 0.2) is 6.61 Å². The number of rotatable bonds is 4. The summed E-state index contributed by atoms with van der Waals surface area (Å²) >= 11 is 0. The van der Waals surface area contributed by atoms with Crippen molar-refractivity contribution in [3.63, 3.8) is 0 Å². The van der Waals surface area contributed by atoms with Crippen molar-refractivity contribution in [1.29, 1.82) is 0 Å². The van der Waals surface area contributed by atoms with Gasteiger partial charge in [0.2, 0.25) is 5.78 Å². The van der Waals surface area contributed by atoms with Crippen LogP contribution in [0.2, 0.25) is 0 Å². The summed E-state index contributed by atoms with van der Waals surface area (Å²) in [5.41, 5.74) is -0.379. The van der Waals surface area contributed by atoms with Crippen LogP contribution in [0.5, 0.6) is 0 Å². The summed E-state index contributed by atoms with van der Waals surface area (Å²) < 4.78 is 10.5. The Labute approximate surface area is 184 Å². The molecule has 0 aromatic rings. The minimum atomic E-state index is -1.42. The van der Waals surface area contributed by atoms with Gasteiger partial charge in [0.25, 0.3) is 0 Å². The smallest absolute Gasteiger partial charge is 0.303 e. The Kier molecular flexibility index (Phi) is 5.60. The van der Waals surface area contributed by atoms with Crippen molar-refractivity contribution in [2.75, 3.05) is 6.61 Å². The fourth-order valence-electron chi connectivity index (χ4n) is 7.72. The molecule has 31 heavy (non-hydrogen) atoms. The van der Waals surface area contributed by atoms with Gasteiger partial charge in [-0.05, 0) is 68.1 Å². The Morgan fingerprint density at radius 3 is 2.42 bits per heavy atom. The maximum Gasteiger partial charge on any atom is 0.303 e. The number of fused-ring (bicyclic) bond motifs is 5. The highest BCUT2D eigenvalue weighted by atomic mass is 16.5. The molecule has 0 aromatic carbocycles. The number of ketones is 1. The van der Waals surface area contributed by atoms with Crippen molar-refractivity contribution < 1.29 is 29.0 Å². The third kappa shape index (κ3) is 3.46. The maximum atomic E-state index is 12.9. The minimum absolute atomic E-state index is 0.0160. The molecule has 3 fully saturated rings. The molecule has 7 atom stereocenters. The topological polar surface area (TPSA) is 89.9 Å². The summed E-state index contributed by atoms with van der Waals surface area (Å²) in [4.78, 5) is 35.5. The largest absolute Gasteiger partial charge is 0.462 e. The highest BCUT2D eigenvalue weighted by Gasteiger charge is 2.66. The molecule has 172 valence electrons. The summed E-state index contributed by atoms with van der Waals surface area (Å²) in [7, 11) is 0. The third-order valence-corrected chi connectivity index (χ3v) is 9.41. The van der Waals surface area contributed by atoms with Crippen LogP contribution in [0.1, 0.15) is 79.1 Å². The van der Waals surface area contributed by atoms with Gasteiger partial charge in [0.05, 0.1) is 0 Å². The van der Waals surface area contributed by atoms with Crippen LogP contribution in [-0.4, -0.2) is 41.1 Å².